The van der Waals surface area contributed by atoms with Crippen LogP contribution in [0.3, 0.4) is 0 Å². The molecule has 0 bridgehead atoms. The zero-order valence-corrected chi connectivity index (χ0v) is 11.3. The molecule has 0 aliphatic rings. The van der Waals surface area contributed by atoms with Gasteiger partial charge in [-0.05, 0) is 38.1 Å². The highest BCUT2D eigenvalue weighted by molar-refractivity contribution is 5.92. The van der Waals surface area contributed by atoms with E-state index < -0.39 is 0 Å². The third kappa shape index (κ3) is 4.47. The molecule has 0 aromatic heterocycles. The van der Waals surface area contributed by atoms with Crippen molar-refractivity contribution in [3.05, 3.63) is 29.8 Å². The standard InChI is InChI=1S/C14H22N2O2/c1-4-12-6-5-7-13(8-12)15-14(18)9-16(3)11(2)10-17/h5-8,11,17H,4,9-10H2,1-3H3,(H,15,18). The van der Waals surface area contributed by atoms with Crippen LogP contribution in [-0.4, -0.2) is 42.2 Å². The molecule has 1 amide bonds. The van der Waals surface area contributed by atoms with Crippen LogP contribution in [0, 0.1) is 0 Å². The summed E-state index contributed by atoms with van der Waals surface area (Å²) in [6, 6.07) is 7.82. The van der Waals surface area contributed by atoms with Gasteiger partial charge in [-0.2, -0.15) is 0 Å². The van der Waals surface area contributed by atoms with Crippen LogP contribution in [0.2, 0.25) is 0 Å². The molecule has 4 heteroatoms. The summed E-state index contributed by atoms with van der Waals surface area (Å²) in [5.41, 5.74) is 2.02. The van der Waals surface area contributed by atoms with Gasteiger partial charge in [-0.3, -0.25) is 9.69 Å². The zero-order chi connectivity index (χ0) is 13.5. The van der Waals surface area contributed by atoms with E-state index in [4.69, 9.17) is 5.11 Å². The van der Waals surface area contributed by atoms with Crippen molar-refractivity contribution in [2.45, 2.75) is 26.3 Å². The lowest BCUT2D eigenvalue weighted by molar-refractivity contribution is -0.117. The highest BCUT2D eigenvalue weighted by atomic mass is 16.3. The van der Waals surface area contributed by atoms with Gasteiger partial charge in [0.2, 0.25) is 5.91 Å². The number of rotatable bonds is 6. The van der Waals surface area contributed by atoms with Crippen molar-refractivity contribution >= 4 is 11.6 Å². The fraction of sp³-hybridized carbons (Fsp3) is 0.500. The second-order valence-corrected chi connectivity index (χ2v) is 4.55. The van der Waals surface area contributed by atoms with Crippen molar-refractivity contribution < 1.29 is 9.90 Å². The molecule has 0 heterocycles. The van der Waals surface area contributed by atoms with Crippen LogP contribution >= 0.6 is 0 Å². The van der Waals surface area contributed by atoms with E-state index in [1.165, 1.54) is 5.56 Å². The Balaban J connectivity index is 2.53. The van der Waals surface area contributed by atoms with Crippen LogP contribution in [0.25, 0.3) is 0 Å². The molecule has 4 nitrogen and oxygen atoms in total. The first-order valence-corrected chi connectivity index (χ1v) is 6.26. The summed E-state index contributed by atoms with van der Waals surface area (Å²) in [6.07, 6.45) is 0.950. The number of aryl methyl sites for hydroxylation is 1. The van der Waals surface area contributed by atoms with E-state index in [0.29, 0.717) is 0 Å². The second-order valence-electron chi connectivity index (χ2n) is 4.55. The summed E-state index contributed by atoms with van der Waals surface area (Å²) in [6.45, 7) is 4.29. The second kappa shape index (κ2) is 7.13. The predicted octanol–water partition coefficient (Wildman–Crippen LogP) is 1.50. The van der Waals surface area contributed by atoms with E-state index in [1.807, 2.05) is 43.1 Å². The summed E-state index contributed by atoms with van der Waals surface area (Å²) >= 11 is 0. The molecule has 0 spiro atoms. The number of carbonyl (C=O) groups excluding carboxylic acids is 1. The first-order valence-electron chi connectivity index (χ1n) is 6.26. The third-order valence-electron chi connectivity index (χ3n) is 3.03. The van der Waals surface area contributed by atoms with Crippen LogP contribution in [-0.2, 0) is 11.2 Å². The molecule has 1 aromatic carbocycles. The number of carbonyl (C=O) groups is 1. The van der Waals surface area contributed by atoms with Crippen LogP contribution in [0.15, 0.2) is 24.3 Å². The number of nitrogens with zero attached hydrogens (tertiary/aromatic N) is 1. The van der Waals surface area contributed by atoms with Crippen molar-refractivity contribution in [2.24, 2.45) is 0 Å². The lowest BCUT2D eigenvalue weighted by Gasteiger charge is -2.22. The highest BCUT2D eigenvalue weighted by Crippen LogP contribution is 2.11. The van der Waals surface area contributed by atoms with Crippen LogP contribution < -0.4 is 5.32 Å². The Hall–Kier alpha value is -1.39. The number of benzene rings is 1. The summed E-state index contributed by atoms with van der Waals surface area (Å²) in [5.74, 6) is -0.0638. The number of amides is 1. The van der Waals surface area contributed by atoms with Crippen LogP contribution in [0.4, 0.5) is 5.69 Å². The molecular formula is C14H22N2O2. The van der Waals surface area contributed by atoms with Crippen LogP contribution in [0.1, 0.15) is 19.4 Å². The number of hydrogen-bond donors (Lipinski definition) is 2. The maximum absolute atomic E-state index is 11.8. The summed E-state index contributed by atoms with van der Waals surface area (Å²) in [4.78, 5) is 13.6. The van der Waals surface area contributed by atoms with Gasteiger partial charge >= 0.3 is 0 Å². The van der Waals surface area contributed by atoms with Gasteiger partial charge in [-0.1, -0.05) is 19.1 Å². The van der Waals surface area contributed by atoms with Gasteiger partial charge < -0.3 is 10.4 Å². The average Bonchev–Trinajstić information content (AvgIpc) is 2.37. The van der Waals surface area contributed by atoms with Crippen LogP contribution in [0.5, 0.6) is 0 Å². The molecule has 0 aliphatic heterocycles. The lowest BCUT2D eigenvalue weighted by Crippen LogP contribution is -2.38. The largest absolute Gasteiger partial charge is 0.395 e. The number of likely N-dealkylation sites (N-methyl/N-ethyl adjacent to an activating group) is 1. The Morgan fingerprint density at radius 2 is 2.22 bits per heavy atom. The summed E-state index contributed by atoms with van der Waals surface area (Å²) in [5, 5.41) is 11.9. The molecule has 0 saturated carbocycles. The number of hydrogen-bond acceptors (Lipinski definition) is 3. The fourth-order valence-electron chi connectivity index (χ4n) is 1.59. The Morgan fingerprint density at radius 1 is 1.50 bits per heavy atom. The van der Waals surface area contributed by atoms with E-state index in [2.05, 4.69) is 12.2 Å². The maximum atomic E-state index is 11.8. The summed E-state index contributed by atoms with van der Waals surface area (Å²) < 4.78 is 0. The minimum atomic E-state index is -0.0638. The number of anilines is 1. The van der Waals surface area contributed by atoms with Crippen molar-refractivity contribution in [3.63, 3.8) is 0 Å². The Kier molecular flexibility index (Phi) is 5.82. The first kappa shape index (κ1) is 14.7. The molecule has 100 valence electrons. The van der Waals surface area contributed by atoms with Crippen molar-refractivity contribution in [2.75, 3.05) is 25.5 Å². The predicted molar refractivity (Wildman–Crippen MR) is 73.6 cm³/mol. The van der Waals surface area contributed by atoms with Gasteiger partial charge in [-0.15, -0.1) is 0 Å². The molecule has 18 heavy (non-hydrogen) atoms. The SMILES string of the molecule is CCc1cccc(NC(=O)CN(C)C(C)CO)c1. The minimum absolute atomic E-state index is 0.0160. The molecule has 0 fully saturated rings. The van der Waals surface area contributed by atoms with Gasteiger partial charge in [0, 0.05) is 11.7 Å². The molecule has 1 rings (SSSR count). The van der Waals surface area contributed by atoms with Gasteiger partial charge in [0.05, 0.1) is 13.2 Å². The van der Waals surface area contributed by atoms with Crippen molar-refractivity contribution in [1.29, 1.82) is 0 Å². The smallest absolute Gasteiger partial charge is 0.238 e. The molecule has 1 atom stereocenters. The van der Waals surface area contributed by atoms with E-state index in [-0.39, 0.29) is 25.1 Å². The molecular weight excluding hydrogens is 228 g/mol. The summed E-state index contributed by atoms with van der Waals surface area (Å²) in [7, 11) is 1.82. The lowest BCUT2D eigenvalue weighted by atomic mass is 10.1. The van der Waals surface area contributed by atoms with Gasteiger partial charge in [-0.25, -0.2) is 0 Å². The molecule has 0 saturated heterocycles. The Labute approximate surface area is 109 Å². The van der Waals surface area contributed by atoms with Gasteiger partial charge in [0.15, 0.2) is 0 Å². The van der Waals surface area contributed by atoms with Gasteiger partial charge in [0.1, 0.15) is 0 Å². The molecule has 0 radical (unpaired) electrons. The average molecular weight is 250 g/mol. The van der Waals surface area contributed by atoms with Crippen molar-refractivity contribution in [3.8, 4) is 0 Å². The molecule has 1 aromatic rings. The fourth-order valence-corrected chi connectivity index (χ4v) is 1.59. The molecule has 0 aliphatic carbocycles. The van der Waals surface area contributed by atoms with Gasteiger partial charge in [0.25, 0.3) is 0 Å². The quantitative estimate of drug-likeness (QED) is 0.804. The minimum Gasteiger partial charge on any atom is -0.395 e. The van der Waals surface area contributed by atoms with E-state index >= 15 is 0 Å². The van der Waals surface area contributed by atoms with Crippen molar-refractivity contribution in [1.82, 2.24) is 4.90 Å². The monoisotopic (exact) mass is 250 g/mol. The molecule has 2 N–H and O–H groups in total. The van der Waals surface area contributed by atoms with E-state index in [9.17, 15) is 4.79 Å². The number of aliphatic hydroxyl groups is 1. The third-order valence-corrected chi connectivity index (χ3v) is 3.03. The zero-order valence-electron chi connectivity index (χ0n) is 11.3. The number of aliphatic hydroxyl groups excluding tert-OH is 1. The normalized spacial score (nSPS) is 12.5. The van der Waals surface area contributed by atoms with E-state index in [0.717, 1.165) is 12.1 Å². The topological polar surface area (TPSA) is 52.6 Å². The van der Waals surface area contributed by atoms with E-state index in [1.54, 1.807) is 0 Å². The Morgan fingerprint density at radius 3 is 2.83 bits per heavy atom. The highest BCUT2D eigenvalue weighted by Gasteiger charge is 2.12. The Bertz CT molecular complexity index is 393. The molecule has 1 unspecified atom stereocenters. The number of nitrogens with one attached hydrogen (secondary N) is 1. The first-order chi connectivity index (χ1) is 8.56. The maximum Gasteiger partial charge on any atom is 0.238 e.